The van der Waals surface area contributed by atoms with E-state index in [-0.39, 0.29) is 23.7 Å². The Morgan fingerprint density at radius 3 is 2.41 bits per heavy atom. The second-order valence-electron chi connectivity index (χ2n) is 6.38. The highest BCUT2D eigenvalue weighted by molar-refractivity contribution is 6.05. The number of aryl methyl sites for hydroxylation is 2. The van der Waals surface area contributed by atoms with Gasteiger partial charge in [0, 0.05) is 17.4 Å². The number of carbonyl (C=O) groups excluding carboxylic acids is 2. The SMILES string of the molecule is Cc1cccc(C)c1NC(=O)Cn1nnc(C(=O)Nc2ccc(F)c(F)c2)c1N. The van der Waals surface area contributed by atoms with Crippen molar-refractivity contribution < 1.29 is 18.4 Å². The van der Waals surface area contributed by atoms with Crippen LogP contribution in [0.5, 0.6) is 0 Å². The third-order valence-corrected chi connectivity index (χ3v) is 4.20. The third-order valence-electron chi connectivity index (χ3n) is 4.20. The van der Waals surface area contributed by atoms with Crippen molar-refractivity contribution in [3.8, 4) is 0 Å². The van der Waals surface area contributed by atoms with Crippen LogP contribution in [0.2, 0.25) is 0 Å². The molecule has 0 unspecified atom stereocenters. The van der Waals surface area contributed by atoms with Gasteiger partial charge >= 0.3 is 0 Å². The molecule has 0 aliphatic rings. The minimum absolute atomic E-state index is 0.0237. The van der Waals surface area contributed by atoms with Crippen molar-refractivity contribution in [2.45, 2.75) is 20.4 Å². The van der Waals surface area contributed by atoms with E-state index < -0.39 is 23.4 Å². The average Bonchev–Trinajstić information content (AvgIpc) is 3.02. The predicted molar refractivity (Wildman–Crippen MR) is 103 cm³/mol. The Morgan fingerprint density at radius 2 is 1.76 bits per heavy atom. The van der Waals surface area contributed by atoms with Gasteiger partial charge in [-0.25, -0.2) is 13.5 Å². The quantitative estimate of drug-likeness (QED) is 0.609. The van der Waals surface area contributed by atoms with Crippen molar-refractivity contribution in [3.63, 3.8) is 0 Å². The zero-order valence-corrected chi connectivity index (χ0v) is 15.7. The molecule has 4 N–H and O–H groups in total. The van der Waals surface area contributed by atoms with Crippen molar-refractivity contribution in [1.82, 2.24) is 15.0 Å². The fraction of sp³-hybridized carbons (Fsp3) is 0.158. The van der Waals surface area contributed by atoms with Crippen LogP contribution in [0, 0.1) is 25.5 Å². The molecule has 0 radical (unpaired) electrons. The Labute approximate surface area is 164 Å². The van der Waals surface area contributed by atoms with Gasteiger partial charge in [-0.1, -0.05) is 23.4 Å². The highest BCUT2D eigenvalue weighted by atomic mass is 19.2. The van der Waals surface area contributed by atoms with Gasteiger partial charge in [-0.3, -0.25) is 9.59 Å². The summed E-state index contributed by atoms with van der Waals surface area (Å²) in [5, 5.41) is 12.5. The number of nitrogens with two attached hydrogens (primary N) is 1. The molecule has 1 aromatic heterocycles. The highest BCUT2D eigenvalue weighted by Crippen LogP contribution is 2.20. The summed E-state index contributed by atoms with van der Waals surface area (Å²) in [5.41, 5.74) is 8.15. The number of benzene rings is 2. The van der Waals surface area contributed by atoms with E-state index in [9.17, 15) is 18.4 Å². The van der Waals surface area contributed by atoms with E-state index in [0.717, 1.165) is 27.9 Å². The molecule has 1 heterocycles. The first kappa shape index (κ1) is 19.9. The molecular weight excluding hydrogens is 382 g/mol. The molecule has 3 rings (SSSR count). The maximum absolute atomic E-state index is 13.3. The van der Waals surface area contributed by atoms with Crippen LogP contribution in [-0.4, -0.2) is 26.8 Å². The fourth-order valence-corrected chi connectivity index (χ4v) is 2.69. The van der Waals surface area contributed by atoms with Gasteiger partial charge in [-0.2, -0.15) is 0 Å². The lowest BCUT2D eigenvalue weighted by Gasteiger charge is -2.11. The topological polar surface area (TPSA) is 115 Å². The summed E-state index contributed by atoms with van der Waals surface area (Å²) < 4.78 is 27.3. The number of halogens is 2. The standard InChI is InChI=1S/C19H18F2N6O2/c1-10-4-3-5-11(2)16(10)24-15(28)9-27-18(22)17(25-26-27)19(29)23-12-6-7-13(20)14(21)8-12/h3-8H,9,22H2,1-2H3,(H,23,29)(H,24,28). The first-order chi connectivity index (χ1) is 13.8. The maximum atomic E-state index is 13.3. The molecule has 0 fully saturated rings. The molecule has 0 atom stereocenters. The van der Waals surface area contributed by atoms with Crippen LogP contribution in [-0.2, 0) is 11.3 Å². The lowest BCUT2D eigenvalue weighted by molar-refractivity contribution is -0.116. The first-order valence-electron chi connectivity index (χ1n) is 8.57. The van der Waals surface area contributed by atoms with E-state index in [4.69, 9.17) is 5.73 Å². The van der Waals surface area contributed by atoms with E-state index in [1.165, 1.54) is 6.07 Å². The smallest absolute Gasteiger partial charge is 0.280 e. The summed E-state index contributed by atoms with van der Waals surface area (Å²) in [6.07, 6.45) is 0. The van der Waals surface area contributed by atoms with Gasteiger partial charge in [-0.05, 0) is 37.1 Å². The largest absolute Gasteiger partial charge is 0.382 e. The number of amides is 2. The zero-order valence-electron chi connectivity index (χ0n) is 15.7. The molecule has 0 aliphatic carbocycles. The van der Waals surface area contributed by atoms with Crippen molar-refractivity contribution in [3.05, 3.63) is 64.9 Å². The van der Waals surface area contributed by atoms with Crippen LogP contribution in [0.1, 0.15) is 21.6 Å². The summed E-state index contributed by atoms with van der Waals surface area (Å²) in [5.74, 6) is -3.45. The van der Waals surface area contributed by atoms with E-state index in [2.05, 4.69) is 20.9 Å². The molecule has 150 valence electrons. The average molecular weight is 400 g/mol. The van der Waals surface area contributed by atoms with Crippen molar-refractivity contribution in [1.29, 1.82) is 0 Å². The summed E-state index contributed by atoms with van der Waals surface area (Å²) in [6.45, 7) is 3.48. The van der Waals surface area contributed by atoms with Crippen molar-refractivity contribution >= 4 is 29.0 Å². The molecular formula is C19H18F2N6O2. The lowest BCUT2D eigenvalue weighted by Crippen LogP contribution is -2.22. The van der Waals surface area contributed by atoms with E-state index in [1.807, 2.05) is 32.0 Å². The minimum Gasteiger partial charge on any atom is -0.382 e. The zero-order chi connectivity index (χ0) is 21.1. The van der Waals surface area contributed by atoms with Gasteiger partial charge in [0.15, 0.2) is 23.1 Å². The Morgan fingerprint density at radius 1 is 1.07 bits per heavy atom. The number of para-hydroxylation sites is 1. The minimum atomic E-state index is -1.11. The summed E-state index contributed by atoms with van der Waals surface area (Å²) in [6, 6.07) is 8.51. The lowest BCUT2D eigenvalue weighted by atomic mass is 10.1. The van der Waals surface area contributed by atoms with Crippen LogP contribution in [0.15, 0.2) is 36.4 Å². The van der Waals surface area contributed by atoms with Crippen LogP contribution >= 0.6 is 0 Å². The second-order valence-corrected chi connectivity index (χ2v) is 6.38. The molecule has 2 aromatic carbocycles. The van der Waals surface area contributed by atoms with Gasteiger partial charge in [0.1, 0.15) is 6.54 Å². The number of nitrogen functional groups attached to an aromatic ring is 1. The summed E-state index contributed by atoms with van der Waals surface area (Å²) in [4.78, 5) is 24.6. The molecule has 3 aromatic rings. The molecule has 0 saturated carbocycles. The van der Waals surface area contributed by atoms with Crippen LogP contribution in [0.25, 0.3) is 0 Å². The number of anilines is 3. The number of aromatic nitrogens is 3. The van der Waals surface area contributed by atoms with E-state index in [0.29, 0.717) is 5.69 Å². The Hall–Kier alpha value is -3.82. The van der Waals surface area contributed by atoms with E-state index in [1.54, 1.807) is 0 Å². The summed E-state index contributed by atoms with van der Waals surface area (Å²) in [7, 11) is 0. The molecule has 8 nitrogen and oxygen atoms in total. The van der Waals surface area contributed by atoms with Gasteiger partial charge in [0.25, 0.3) is 5.91 Å². The summed E-state index contributed by atoms with van der Waals surface area (Å²) >= 11 is 0. The normalized spacial score (nSPS) is 10.6. The number of rotatable bonds is 5. The maximum Gasteiger partial charge on any atom is 0.280 e. The number of nitrogens with one attached hydrogen (secondary N) is 2. The molecule has 2 amide bonds. The Bertz CT molecular complexity index is 1080. The van der Waals surface area contributed by atoms with Crippen molar-refractivity contribution in [2.24, 2.45) is 0 Å². The Balaban J connectivity index is 1.70. The number of hydrogen-bond acceptors (Lipinski definition) is 5. The van der Waals surface area contributed by atoms with E-state index >= 15 is 0 Å². The molecule has 0 saturated heterocycles. The van der Waals surface area contributed by atoms with Gasteiger partial charge in [-0.15, -0.1) is 5.10 Å². The highest BCUT2D eigenvalue weighted by Gasteiger charge is 2.20. The molecule has 10 heteroatoms. The first-order valence-corrected chi connectivity index (χ1v) is 8.57. The molecule has 0 spiro atoms. The fourth-order valence-electron chi connectivity index (χ4n) is 2.69. The van der Waals surface area contributed by atoms with Crippen LogP contribution in [0.4, 0.5) is 26.0 Å². The van der Waals surface area contributed by atoms with Gasteiger partial charge in [0.2, 0.25) is 5.91 Å². The monoisotopic (exact) mass is 400 g/mol. The van der Waals surface area contributed by atoms with Crippen LogP contribution in [0.3, 0.4) is 0 Å². The molecule has 29 heavy (non-hydrogen) atoms. The van der Waals surface area contributed by atoms with Gasteiger partial charge in [0.05, 0.1) is 0 Å². The predicted octanol–water partition coefficient (Wildman–Crippen LogP) is 2.65. The number of nitrogens with zero attached hydrogens (tertiary/aromatic N) is 3. The molecule has 0 aliphatic heterocycles. The third kappa shape index (κ3) is 4.37. The molecule has 0 bridgehead atoms. The van der Waals surface area contributed by atoms with Crippen LogP contribution < -0.4 is 16.4 Å². The second kappa shape index (κ2) is 8.05. The Kier molecular flexibility index (Phi) is 5.53. The van der Waals surface area contributed by atoms with Gasteiger partial charge < -0.3 is 16.4 Å². The van der Waals surface area contributed by atoms with Crippen molar-refractivity contribution in [2.75, 3.05) is 16.4 Å². The number of hydrogen-bond donors (Lipinski definition) is 3. The number of carbonyl (C=O) groups is 2.